The van der Waals surface area contributed by atoms with Gasteiger partial charge in [0.05, 0.1) is 6.54 Å². The normalized spacial score (nSPS) is 12.0. The van der Waals surface area contributed by atoms with Gasteiger partial charge < -0.3 is 14.8 Å². The highest BCUT2D eigenvalue weighted by atomic mass is 16.5. The molecule has 2 rings (SSSR count). The number of rotatable bonds is 8. The number of nitrogens with one attached hydrogen (secondary N) is 1. The molecule has 0 aliphatic carbocycles. The lowest BCUT2D eigenvalue weighted by molar-refractivity contribution is -0.127. The summed E-state index contributed by atoms with van der Waals surface area (Å²) in [6, 6.07) is 12.2. The van der Waals surface area contributed by atoms with Crippen LogP contribution in [0.4, 0.5) is 0 Å². The van der Waals surface area contributed by atoms with E-state index in [0.29, 0.717) is 19.1 Å². The zero-order valence-corrected chi connectivity index (χ0v) is 17.3. The second-order valence-electron chi connectivity index (χ2n) is 7.36. The van der Waals surface area contributed by atoms with Gasteiger partial charge in [-0.05, 0) is 68.0 Å². The van der Waals surface area contributed by atoms with E-state index in [-0.39, 0.29) is 5.91 Å². The first kappa shape index (κ1) is 20.8. The number of hydrogen-bond donors (Lipinski definition) is 1. The predicted octanol–water partition coefficient (Wildman–Crippen LogP) is 4.70. The van der Waals surface area contributed by atoms with Gasteiger partial charge in [0.25, 0.3) is 5.91 Å². The molecule has 0 saturated heterocycles. The molecule has 0 aliphatic rings. The molecule has 0 aliphatic heterocycles. The first-order chi connectivity index (χ1) is 12.8. The summed E-state index contributed by atoms with van der Waals surface area (Å²) < 4.78 is 11.7. The monoisotopic (exact) mass is 369 g/mol. The van der Waals surface area contributed by atoms with Crippen LogP contribution in [0.25, 0.3) is 0 Å². The summed E-state index contributed by atoms with van der Waals surface area (Å²) in [5.41, 5.74) is 4.47. The van der Waals surface area contributed by atoms with Crippen LogP contribution in [-0.2, 0) is 4.79 Å². The third-order valence-corrected chi connectivity index (χ3v) is 4.47. The maximum atomic E-state index is 12.4. The maximum Gasteiger partial charge on any atom is 0.260 e. The van der Waals surface area contributed by atoms with Crippen LogP contribution in [0.5, 0.6) is 11.5 Å². The van der Waals surface area contributed by atoms with Crippen LogP contribution in [0.15, 0.2) is 36.4 Å². The van der Waals surface area contributed by atoms with Crippen molar-refractivity contribution in [2.75, 3.05) is 13.2 Å². The minimum Gasteiger partial charge on any atom is -0.491 e. The fourth-order valence-electron chi connectivity index (χ4n) is 2.81. The van der Waals surface area contributed by atoms with E-state index in [1.807, 2.05) is 39.0 Å². The van der Waals surface area contributed by atoms with Crippen molar-refractivity contribution in [2.24, 2.45) is 0 Å². The molecule has 2 aromatic carbocycles. The zero-order chi connectivity index (χ0) is 20.0. The van der Waals surface area contributed by atoms with Gasteiger partial charge in [-0.15, -0.1) is 0 Å². The Morgan fingerprint density at radius 2 is 1.59 bits per heavy atom. The van der Waals surface area contributed by atoms with E-state index in [0.717, 1.165) is 33.8 Å². The van der Waals surface area contributed by atoms with Gasteiger partial charge in [-0.25, -0.2) is 0 Å². The number of amides is 1. The highest BCUT2D eigenvalue weighted by molar-refractivity contribution is 5.80. The molecule has 27 heavy (non-hydrogen) atoms. The Hall–Kier alpha value is -2.49. The molecular formula is C23H31NO3. The molecule has 4 heteroatoms. The van der Waals surface area contributed by atoms with Gasteiger partial charge in [-0.3, -0.25) is 4.79 Å². The Kier molecular flexibility index (Phi) is 7.28. The average Bonchev–Trinajstić information content (AvgIpc) is 2.61. The fraction of sp³-hybridized carbons (Fsp3) is 0.435. The van der Waals surface area contributed by atoms with Crippen LogP contribution in [0.1, 0.15) is 48.9 Å². The summed E-state index contributed by atoms with van der Waals surface area (Å²) in [5, 5.41) is 2.88. The van der Waals surface area contributed by atoms with Crippen LogP contribution in [0, 0.1) is 20.8 Å². The van der Waals surface area contributed by atoms with Crippen LogP contribution in [0.2, 0.25) is 0 Å². The van der Waals surface area contributed by atoms with Gasteiger partial charge in [0.15, 0.2) is 6.10 Å². The standard InChI is InChI=1S/C23H31NO3/c1-15(2)20-10-8-17(4)14-22(20)27-19(6)23(25)24-11-12-26-21-13-16(3)7-9-18(21)5/h7-10,13-15,19H,11-12H2,1-6H3,(H,24,25)/t19-/m1/s1. The predicted molar refractivity (Wildman–Crippen MR) is 110 cm³/mol. The summed E-state index contributed by atoms with van der Waals surface area (Å²) in [5.74, 6) is 1.83. The molecule has 4 nitrogen and oxygen atoms in total. The lowest BCUT2D eigenvalue weighted by Gasteiger charge is -2.19. The second-order valence-corrected chi connectivity index (χ2v) is 7.36. The van der Waals surface area contributed by atoms with Crippen molar-refractivity contribution < 1.29 is 14.3 Å². The third kappa shape index (κ3) is 6.02. The van der Waals surface area contributed by atoms with Crippen molar-refractivity contribution in [2.45, 2.75) is 53.6 Å². The molecule has 0 fully saturated rings. The van der Waals surface area contributed by atoms with Gasteiger partial charge in [0, 0.05) is 0 Å². The van der Waals surface area contributed by atoms with Gasteiger partial charge in [0.1, 0.15) is 18.1 Å². The van der Waals surface area contributed by atoms with E-state index in [4.69, 9.17) is 9.47 Å². The Bertz CT molecular complexity index is 783. The van der Waals surface area contributed by atoms with Crippen LogP contribution >= 0.6 is 0 Å². The van der Waals surface area contributed by atoms with Crippen LogP contribution in [-0.4, -0.2) is 25.2 Å². The van der Waals surface area contributed by atoms with Crippen molar-refractivity contribution in [3.63, 3.8) is 0 Å². The summed E-state index contributed by atoms with van der Waals surface area (Å²) in [4.78, 5) is 12.4. The number of carbonyl (C=O) groups is 1. The number of benzene rings is 2. The minimum atomic E-state index is -0.565. The summed E-state index contributed by atoms with van der Waals surface area (Å²) in [6.07, 6.45) is -0.565. The van der Waals surface area contributed by atoms with Gasteiger partial charge >= 0.3 is 0 Å². The fourth-order valence-corrected chi connectivity index (χ4v) is 2.81. The van der Waals surface area contributed by atoms with E-state index >= 15 is 0 Å². The van der Waals surface area contributed by atoms with Gasteiger partial charge in [-0.1, -0.05) is 38.1 Å². The Morgan fingerprint density at radius 3 is 2.26 bits per heavy atom. The Labute approximate surface area is 162 Å². The van der Waals surface area contributed by atoms with Gasteiger partial charge in [0.2, 0.25) is 0 Å². The number of carbonyl (C=O) groups excluding carboxylic acids is 1. The maximum absolute atomic E-state index is 12.4. The Balaban J connectivity index is 1.86. The van der Waals surface area contributed by atoms with Gasteiger partial charge in [-0.2, -0.15) is 0 Å². The van der Waals surface area contributed by atoms with E-state index in [1.165, 1.54) is 0 Å². The first-order valence-corrected chi connectivity index (χ1v) is 9.53. The smallest absolute Gasteiger partial charge is 0.260 e. The lowest BCUT2D eigenvalue weighted by atomic mass is 10.0. The Morgan fingerprint density at radius 1 is 0.963 bits per heavy atom. The SMILES string of the molecule is Cc1ccc(C)c(OCCNC(=O)[C@@H](C)Oc2cc(C)ccc2C(C)C)c1. The molecule has 146 valence electrons. The summed E-state index contributed by atoms with van der Waals surface area (Å²) in [7, 11) is 0. The third-order valence-electron chi connectivity index (χ3n) is 4.47. The van der Waals surface area contributed by atoms with E-state index in [1.54, 1.807) is 6.92 Å². The quantitative estimate of drug-likeness (QED) is 0.686. The molecule has 1 atom stereocenters. The largest absolute Gasteiger partial charge is 0.491 e. The minimum absolute atomic E-state index is 0.143. The zero-order valence-electron chi connectivity index (χ0n) is 17.3. The van der Waals surface area contributed by atoms with Crippen molar-refractivity contribution in [3.05, 3.63) is 58.7 Å². The van der Waals surface area contributed by atoms with Crippen molar-refractivity contribution >= 4 is 5.91 Å². The number of aryl methyl sites for hydroxylation is 3. The lowest BCUT2D eigenvalue weighted by Crippen LogP contribution is -2.38. The summed E-state index contributed by atoms with van der Waals surface area (Å²) in [6.45, 7) is 12.9. The van der Waals surface area contributed by atoms with Crippen molar-refractivity contribution in [1.29, 1.82) is 0 Å². The molecule has 0 spiro atoms. The van der Waals surface area contributed by atoms with Crippen molar-refractivity contribution in [1.82, 2.24) is 5.32 Å². The molecule has 0 saturated carbocycles. The van der Waals surface area contributed by atoms with Crippen molar-refractivity contribution in [3.8, 4) is 11.5 Å². The average molecular weight is 370 g/mol. The number of hydrogen-bond acceptors (Lipinski definition) is 3. The summed E-state index contributed by atoms with van der Waals surface area (Å²) >= 11 is 0. The van der Waals surface area contributed by atoms with Crippen LogP contribution < -0.4 is 14.8 Å². The molecule has 0 radical (unpaired) electrons. The van der Waals surface area contributed by atoms with E-state index in [9.17, 15) is 4.79 Å². The number of ether oxygens (including phenoxy) is 2. The topological polar surface area (TPSA) is 47.6 Å². The van der Waals surface area contributed by atoms with E-state index < -0.39 is 6.10 Å². The van der Waals surface area contributed by atoms with E-state index in [2.05, 4.69) is 37.4 Å². The molecule has 0 heterocycles. The second kappa shape index (κ2) is 9.45. The molecule has 1 N–H and O–H groups in total. The molecule has 0 bridgehead atoms. The highest BCUT2D eigenvalue weighted by Gasteiger charge is 2.17. The highest BCUT2D eigenvalue weighted by Crippen LogP contribution is 2.28. The molecule has 0 unspecified atom stereocenters. The molecule has 0 aromatic heterocycles. The molecule has 2 aromatic rings. The van der Waals surface area contributed by atoms with Crippen LogP contribution in [0.3, 0.4) is 0 Å². The first-order valence-electron chi connectivity index (χ1n) is 9.53. The molecule has 1 amide bonds. The molecular weight excluding hydrogens is 338 g/mol.